The summed E-state index contributed by atoms with van der Waals surface area (Å²) < 4.78 is 12.9. The Kier molecular flexibility index (Phi) is 4.00. The third-order valence-electron chi connectivity index (χ3n) is 3.95. The molecule has 0 heterocycles. The molecule has 0 aliphatic heterocycles. The largest absolute Gasteiger partial charge is 0.273 e. The summed E-state index contributed by atoms with van der Waals surface area (Å²) in [4.78, 5) is 12.1. The number of nitrogens with zero attached hydrogens (tertiary/aromatic N) is 1. The van der Waals surface area contributed by atoms with Crippen molar-refractivity contribution in [1.29, 1.82) is 0 Å². The minimum atomic E-state index is -0.288. The van der Waals surface area contributed by atoms with Crippen LogP contribution in [0.4, 0.5) is 4.39 Å². The smallest absolute Gasteiger partial charge is 0.243 e. The first kappa shape index (κ1) is 14.4. The Labute approximate surface area is 128 Å². The molecule has 0 radical (unpaired) electrons. The number of carbonyl (C=O) groups excluding carboxylic acids is 1. The van der Waals surface area contributed by atoms with Gasteiger partial charge in [-0.05, 0) is 42.5 Å². The Bertz CT molecular complexity index is 695. The number of carbonyl (C=O) groups is 1. The molecule has 2 aromatic rings. The Balaban J connectivity index is 1.59. The van der Waals surface area contributed by atoms with Crippen molar-refractivity contribution in [3.8, 4) is 0 Å². The summed E-state index contributed by atoms with van der Waals surface area (Å²) in [6, 6.07) is 16.1. The molecule has 3 rings (SSSR count). The average molecular weight is 296 g/mol. The summed E-state index contributed by atoms with van der Waals surface area (Å²) in [5.41, 5.74) is 5.26. The first-order valence-electron chi connectivity index (χ1n) is 7.30. The van der Waals surface area contributed by atoms with Crippen molar-refractivity contribution in [2.75, 3.05) is 0 Å². The van der Waals surface area contributed by atoms with Crippen LogP contribution in [0.5, 0.6) is 0 Å². The number of hydrogen-bond donors (Lipinski definition) is 1. The molecule has 1 aliphatic carbocycles. The van der Waals surface area contributed by atoms with Crippen LogP contribution in [0.25, 0.3) is 0 Å². The van der Waals surface area contributed by atoms with Gasteiger partial charge in [-0.15, -0.1) is 0 Å². The maximum atomic E-state index is 12.9. The van der Waals surface area contributed by atoms with Gasteiger partial charge in [0, 0.05) is 5.92 Å². The van der Waals surface area contributed by atoms with Crippen molar-refractivity contribution in [3.63, 3.8) is 0 Å². The summed E-state index contributed by atoms with van der Waals surface area (Å²) in [6.45, 7) is 1.79. The zero-order valence-corrected chi connectivity index (χ0v) is 12.3. The number of rotatable bonds is 4. The molecule has 0 aromatic heterocycles. The van der Waals surface area contributed by atoms with Crippen molar-refractivity contribution >= 4 is 11.6 Å². The highest BCUT2D eigenvalue weighted by atomic mass is 19.1. The van der Waals surface area contributed by atoms with E-state index in [9.17, 15) is 9.18 Å². The lowest BCUT2D eigenvalue weighted by Crippen LogP contribution is -2.21. The van der Waals surface area contributed by atoms with Crippen LogP contribution in [0.1, 0.15) is 30.4 Å². The third kappa shape index (κ3) is 3.22. The SMILES string of the molecule is C/C(=N\NC(=O)C1CC1c1ccccc1)c1ccc(F)cc1. The van der Waals surface area contributed by atoms with E-state index in [-0.39, 0.29) is 17.6 Å². The quantitative estimate of drug-likeness (QED) is 0.681. The van der Waals surface area contributed by atoms with Crippen molar-refractivity contribution in [2.24, 2.45) is 11.0 Å². The van der Waals surface area contributed by atoms with Crippen LogP contribution in [-0.2, 0) is 4.79 Å². The summed E-state index contributed by atoms with van der Waals surface area (Å²) in [7, 11) is 0. The monoisotopic (exact) mass is 296 g/mol. The highest BCUT2D eigenvalue weighted by Gasteiger charge is 2.43. The molecule has 1 N–H and O–H groups in total. The summed E-state index contributed by atoms with van der Waals surface area (Å²) in [5.74, 6) is -0.0609. The van der Waals surface area contributed by atoms with Gasteiger partial charge in [-0.2, -0.15) is 5.10 Å². The van der Waals surface area contributed by atoms with E-state index in [4.69, 9.17) is 0 Å². The van der Waals surface area contributed by atoms with Crippen LogP contribution in [0.2, 0.25) is 0 Å². The molecule has 1 aliphatic rings. The van der Waals surface area contributed by atoms with E-state index in [0.717, 1.165) is 12.0 Å². The van der Waals surface area contributed by atoms with Crippen LogP contribution >= 0.6 is 0 Å². The molecule has 4 heteroatoms. The topological polar surface area (TPSA) is 41.5 Å². The number of hydrazone groups is 1. The minimum Gasteiger partial charge on any atom is -0.273 e. The van der Waals surface area contributed by atoms with Crippen LogP contribution in [0.15, 0.2) is 59.7 Å². The normalized spacial score (nSPS) is 20.5. The molecule has 2 aromatic carbocycles. The lowest BCUT2D eigenvalue weighted by Gasteiger charge is -2.03. The Morgan fingerprint density at radius 1 is 1.14 bits per heavy atom. The molecule has 112 valence electrons. The van der Waals surface area contributed by atoms with Gasteiger partial charge >= 0.3 is 0 Å². The van der Waals surface area contributed by atoms with Crippen LogP contribution in [-0.4, -0.2) is 11.6 Å². The predicted molar refractivity (Wildman–Crippen MR) is 84.0 cm³/mol. The second-order valence-electron chi connectivity index (χ2n) is 5.54. The van der Waals surface area contributed by atoms with Gasteiger partial charge in [0.2, 0.25) is 5.91 Å². The maximum Gasteiger partial charge on any atom is 0.243 e. The average Bonchev–Trinajstić information content (AvgIpc) is 3.34. The van der Waals surface area contributed by atoms with Gasteiger partial charge in [0.25, 0.3) is 0 Å². The number of amides is 1. The van der Waals surface area contributed by atoms with Crippen molar-refractivity contribution < 1.29 is 9.18 Å². The molecule has 0 saturated heterocycles. The predicted octanol–water partition coefficient (Wildman–Crippen LogP) is 3.47. The molecular weight excluding hydrogens is 279 g/mol. The summed E-state index contributed by atoms with van der Waals surface area (Å²) in [6.07, 6.45) is 0.862. The molecule has 1 amide bonds. The van der Waals surface area contributed by atoms with Crippen molar-refractivity contribution in [1.82, 2.24) is 5.43 Å². The molecule has 1 saturated carbocycles. The molecule has 22 heavy (non-hydrogen) atoms. The fraction of sp³-hybridized carbons (Fsp3) is 0.222. The second kappa shape index (κ2) is 6.10. The second-order valence-corrected chi connectivity index (χ2v) is 5.54. The van der Waals surface area contributed by atoms with Gasteiger partial charge in [0.1, 0.15) is 5.82 Å². The van der Waals surface area contributed by atoms with Crippen LogP contribution in [0, 0.1) is 11.7 Å². The van der Waals surface area contributed by atoms with E-state index in [1.54, 1.807) is 19.1 Å². The van der Waals surface area contributed by atoms with Gasteiger partial charge < -0.3 is 0 Å². The highest BCUT2D eigenvalue weighted by molar-refractivity contribution is 5.99. The Hall–Kier alpha value is -2.49. The van der Waals surface area contributed by atoms with E-state index in [1.165, 1.54) is 17.7 Å². The first-order chi connectivity index (χ1) is 10.6. The number of benzene rings is 2. The molecular formula is C18H17FN2O. The first-order valence-corrected chi connectivity index (χ1v) is 7.30. The molecule has 2 atom stereocenters. The van der Waals surface area contributed by atoms with Crippen molar-refractivity contribution in [2.45, 2.75) is 19.3 Å². The van der Waals surface area contributed by atoms with Crippen LogP contribution in [0.3, 0.4) is 0 Å². The molecule has 0 bridgehead atoms. The highest BCUT2D eigenvalue weighted by Crippen LogP contribution is 2.47. The molecule has 2 unspecified atom stereocenters. The standard InChI is InChI=1S/C18H17FN2O/c1-12(13-7-9-15(19)10-8-13)20-21-18(22)17-11-16(17)14-5-3-2-4-6-14/h2-10,16-17H,11H2,1H3,(H,21,22)/b20-12+. The minimum absolute atomic E-state index is 0.00725. The van der Waals surface area contributed by atoms with E-state index in [2.05, 4.69) is 10.5 Å². The van der Waals surface area contributed by atoms with E-state index in [0.29, 0.717) is 11.6 Å². The van der Waals surface area contributed by atoms with E-state index >= 15 is 0 Å². The summed E-state index contributed by atoms with van der Waals surface area (Å²) >= 11 is 0. The van der Waals surface area contributed by atoms with E-state index < -0.39 is 0 Å². The van der Waals surface area contributed by atoms with E-state index in [1.807, 2.05) is 30.3 Å². The fourth-order valence-electron chi connectivity index (χ4n) is 2.53. The Morgan fingerprint density at radius 3 is 2.50 bits per heavy atom. The third-order valence-corrected chi connectivity index (χ3v) is 3.95. The fourth-order valence-corrected chi connectivity index (χ4v) is 2.53. The van der Waals surface area contributed by atoms with Gasteiger partial charge in [0.15, 0.2) is 0 Å². The Morgan fingerprint density at radius 2 is 1.82 bits per heavy atom. The lowest BCUT2D eigenvalue weighted by molar-refractivity contribution is -0.122. The zero-order valence-electron chi connectivity index (χ0n) is 12.3. The maximum absolute atomic E-state index is 12.9. The zero-order chi connectivity index (χ0) is 15.5. The molecule has 0 spiro atoms. The number of halogens is 1. The van der Waals surface area contributed by atoms with Gasteiger partial charge in [-0.3, -0.25) is 4.79 Å². The number of hydrogen-bond acceptors (Lipinski definition) is 2. The van der Waals surface area contributed by atoms with Gasteiger partial charge in [-0.1, -0.05) is 42.5 Å². The summed E-state index contributed by atoms with van der Waals surface area (Å²) in [5, 5.41) is 4.11. The molecule has 1 fully saturated rings. The lowest BCUT2D eigenvalue weighted by atomic mass is 10.1. The van der Waals surface area contributed by atoms with Gasteiger partial charge in [-0.25, -0.2) is 9.82 Å². The van der Waals surface area contributed by atoms with Gasteiger partial charge in [0.05, 0.1) is 5.71 Å². The van der Waals surface area contributed by atoms with Crippen molar-refractivity contribution in [3.05, 3.63) is 71.5 Å². The molecule has 3 nitrogen and oxygen atoms in total. The van der Waals surface area contributed by atoms with Crippen LogP contribution < -0.4 is 5.43 Å². The number of nitrogens with one attached hydrogen (secondary N) is 1.